The van der Waals surface area contributed by atoms with Crippen LogP contribution in [0.1, 0.15) is 5.56 Å². The third-order valence-electron chi connectivity index (χ3n) is 3.16. The van der Waals surface area contributed by atoms with Crippen molar-refractivity contribution in [2.75, 3.05) is 37.6 Å². The summed E-state index contributed by atoms with van der Waals surface area (Å²) in [6.45, 7) is 6.70. The van der Waals surface area contributed by atoms with Crippen LogP contribution in [-0.2, 0) is 4.79 Å². The van der Waals surface area contributed by atoms with Gasteiger partial charge in [-0.05, 0) is 18.6 Å². The number of carbonyl (C=O) groups excluding carboxylic acids is 1. The van der Waals surface area contributed by atoms with E-state index in [4.69, 9.17) is 0 Å². The zero-order valence-corrected chi connectivity index (χ0v) is 9.72. The van der Waals surface area contributed by atoms with E-state index in [0.717, 1.165) is 32.5 Å². The average molecular weight is 218 g/mol. The second-order valence-electron chi connectivity index (χ2n) is 4.24. The lowest BCUT2D eigenvalue weighted by atomic mass is 10.1. The van der Waals surface area contributed by atoms with Crippen LogP contribution in [0, 0.1) is 6.92 Å². The first-order valence-corrected chi connectivity index (χ1v) is 5.78. The van der Waals surface area contributed by atoms with Crippen molar-refractivity contribution >= 4 is 12.0 Å². The first-order chi connectivity index (χ1) is 7.81. The lowest BCUT2D eigenvalue weighted by molar-refractivity contribution is -0.108. The molecule has 1 fully saturated rings. The third-order valence-corrected chi connectivity index (χ3v) is 3.16. The van der Waals surface area contributed by atoms with Crippen molar-refractivity contribution in [1.82, 2.24) is 4.90 Å². The maximum Gasteiger partial charge on any atom is 0.133 e. The lowest BCUT2D eigenvalue weighted by Crippen LogP contribution is -2.47. The molecule has 0 saturated carbocycles. The Morgan fingerprint density at radius 1 is 1.19 bits per heavy atom. The monoisotopic (exact) mass is 218 g/mol. The largest absolute Gasteiger partial charge is 0.369 e. The number of hydrogen-bond donors (Lipinski definition) is 0. The fraction of sp³-hybridized carbons (Fsp3) is 0.462. The number of nitrogens with zero attached hydrogens (tertiary/aromatic N) is 2. The number of piperazine rings is 1. The summed E-state index contributed by atoms with van der Waals surface area (Å²) in [6.07, 6.45) is 0.990. The van der Waals surface area contributed by atoms with Gasteiger partial charge in [0.15, 0.2) is 0 Å². The normalized spacial score (nSPS) is 17.4. The van der Waals surface area contributed by atoms with Crippen molar-refractivity contribution in [3.63, 3.8) is 0 Å². The van der Waals surface area contributed by atoms with Gasteiger partial charge in [-0.25, -0.2) is 0 Å². The number of aryl methyl sites for hydroxylation is 1. The highest BCUT2D eigenvalue weighted by Crippen LogP contribution is 2.20. The molecule has 2 rings (SSSR count). The summed E-state index contributed by atoms with van der Waals surface area (Å²) < 4.78 is 0. The Bertz CT molecular complexity index is 357. The molecule has 1 aromatic rings. The smallest absolute Gasteiger partial charge is 0.133 e. The van der Waals surface area contributed by atoms with Crippen molar-refractivity contribution in [3.8, 4) is 0 Å². The second-order valence-corrected chi connectivity index (χ2v) is 4.24. The molecule has 0 spiro atoms. The van der Waals surface area contributed by atoms with Crippen LogP contribution in [0.2, 0.25) is 0 Å². The Labute approximate surface area is 96.7 Å². The number of carbonyl (C=O) groups is 1. The summed E-state index contributed by atoms with van der Waals surface area (Å²) in [5.74, 6) is 0. The van der Waals surface area contributed by atoms with Crippen molar-refractivity contribution in [3.05, 3.63) is 29.8 Å². The molecule has 0 bridgehead atoms. The van der Waals surface area contributed by atoms with E-state index in [1.165, 1.54) is 11.3 Å². The van der Waals surface area contributed by atoms with Crippen LogP contribution in [0.15, 0.2) is 24.3 Å². The molecule has 1 aliphatic rings. The first kappa shape index (κ1) is 11.1. The second kappa shape index (κ2) is 5.12. The molecule has 1 heterocycles. The summed E-state index contributed by atoms with van der Waals surface area (Å²) >= 11 is 0. The Morgan fingerprint density at radius 2 is 1.88 bits per heavy atom. The molecule has 0 N–H and O–H groups in total. The summed E-state index contributed by atoms with van der Waals surface area (Å²) in [5, 5.41) is 0. The van der Waals surface area contributed by atoms with Gasteiger partial charge >= 0.3 is 0 Å². The van der Waals surface area contributed by atoms with Crippen LogP contribution in [0.3, 0.4) is 0 Å². The Morgan fingerprint density at radius 3 is 2.50 bits per heavy atom. The van der Waals surface area contributed by atoms with Crippen molar-refractivity contribution in [1.29, 1.82) is 0 Å². The highest BCUT2D eigenvalue weighted by atomic mass is 16.1. The van der Waals surface area contributed by atoms with Crippen LogP contribution < -0.4 is 4.90 Å². The van der Waals surface area contributed by atoms with Gasteiger partial charge in [-0.2, -0.15) is 0 Å². The molecule has 1 saturated heterocycles. The summed E-state index contributed by atoms with van der Waals surface area (Å²) in [7, 11) is 0. The SMILES string of the molecule is Cc1ccccc1N1CCN(CC=O)CC1. The molecule has 3 nitrogen and oxygen atoms in total. The van der Waals surface area contributed by atoms with Gasteiger partial charge < -0.3 is 9.69 Å². The molecule has 86 valence electrons. The van der Waals surface area contributed by atoms with Crippen molar-refractivity contribution < 1.29 is 4.79 Å². The number of hydrogen-bond acceptors (Lipinski definition) is 3. The molecule has 3 heteroatoms. The number of rotatable bonds is 3. The third kappa shape index (κ3) is 2.42. The quantitative estimate of drug-likeness (QED) is 0.715. The molecule has 0 aliphatic carbocycles. The zero-order valence-electron chi connectivity index (χ0n) is 9.72. The molecule has 0 radical (unpaired) electrons. The molecule has 0 amide bonds. The van der Waals surface area contributed by atoms with Crippen LogP contribution in [0.5, 0.6) is 0 Å². The van der Waals surface area contributed by atoms with Gasteiger partial charge in [0.2, 0.25) is 0 Å². The Hall–Kier alpha value is -1.35. The van der Waals surface area contributed by atoms with Crippen LogP contribution in [0.25, 0.3) is 0 Å². The van der Waals surface area contributed by atoms with Gasteiger partial charge in [-0.15, -0.1) is 0 Å². The van der Waals surface area contributed by atoms with E-state index in [2.05, 4.69) is 41.0 Å². The van der Waals surface area contributed by atoms with Gasteiger partial charge in [-0.1, -0.05) is 18.2 Å². The van der Waals surface area contributed by atoms with Crippen LogP contribution in [0.4, 0.5) is 5.69 Å². The number of para-hydroxylation sites is 1. The summed E-state index contributed by atoms with van der Waals surface area (Å²) in [4.78, 5) is 15.0. The van der Waals surface area contributed by atoms with E-state index in [1.807, 2.05) is 0 Å². The average Bonchev–Trinajstić information content (AvgIpc) is 2.31. The van der Waals surface area contributed by atoms with E-state index in [0.29, 0.717) is 6.54 Å². The maximum atomic E-state index is 10.4. The minimum absolute atomic E-state index is 0.571. The molecular formula is C13H18N2O. The van der Waals surface area contributed by atoms with Gasteiger partial charge in [0.1, 0.15) is 6.29 Å². The lowest BCUT2D eigenvalue weighted by Gasteiger charge is -2.35. The van der Waals surface area contributed by atoms with Crippen LogP contribution >= 0.6 is 0 Å². The predicted octanol–water partition coefficient (Wildman–Crippen LogP) is 1.32. The summed E-state index contributed by atoms with van der Waals surface area (Å²) in [6, 6.07) is 8.47. The highest BCUT2D eigenvalue weighted by Gasteiger charge is 2.17. The minimum Gasteiger partial charge on any atom is -0.369 e. The number of aldehydes is 1. The van der Waals surface area contributed by atoms with E-state index in [1.54, 1.807) is 0 Å². The molecule has 0 atom stereocenters. The Kier molecular flexibility index (Phi) is 3.57. The molecule has 16 heavy (non-hydrogen) atoms. The minimum atomic E-state index is 0.571. The Balaban J connectivity index is 1.99. The fourth-order valence-electron chi connectivity index (χ4n) is 2.19. The van der Waals surface area contributed by atoms with Gasteiger partial charge in [-0.3, -0.25) is 4.90 Å². The fourth-order valence-corrected chi connectivity index (χ4v) is 2.19. The van der Waals surface area contributed by atoms with Crippen LogP contribution in [-0.4, -0.2) is 43.9 Å². The van der Waals surface area contributed by atoms with Crippen molar-refractivity contribution in [2.45, 2.75) is 6.92 Å². The maximum absolute atomic E-state index is 10.4. The molecule has 1 aliphatic heterocycles. The molecular weight excluding hydrogens is 200 g/mol. The van der Waals surface area contributed by atoms with E-state index in [9.17, 15) is 4.79 Å². The molecule has 0 aromatic heterocycles. The first-order valence-electron chi connectivity index (χ1n) is 5.78. The zero-order chi connectivity index (χ0) is 11.4. The van der Waals surface area contributed by atoms with Gasteiger partial charge in [0, 0.05) is 31.9 Å². The highest BCUT2D eigenvalue weighted by molar-refractivity contribution is 5.54. The van der Waals surface area contributed by atoms with Crippen molar-refractivity contribution in [2.24, 2.45) is 0 Å². The summed E-state index contributed by atoms with van der Waals surface area (Å²) in [5.41, 5.74) is 2.65. The van der Waals surface area contributed by atoms with E-state index in [-0.39, 0.29) is 0 Å². The number of benzene rings is 1. The number of anilines is 1. The topological polar surface area (TPSA) is 23.6 Å². The molecule has 0 unspecified atom stereocenters. The van der Waals surface area contributed by atoms with Gasteiger partial charge in [0.05, 0.1) is 6.54 Å². The van der Waals surface area contributed by atoms with Gasteiger partial charge in [0.25, 0.3) is 0 Å². The van der Waals surface area contributed by atoms with E-state index >= 15 is 0 Å². The predicted molar refractivity (Wildman–Crippen MR) is 65.9 cm³/mol. The standard InChI is InChI=1S/C13H18N2O/c1-12-4-2-3-5-13(12)15-8-6-14(7-9-15)10-11-16/h2-5,11H,6-10H2,1H3. The van der Waals surface area contributed by atoms with E-state index < -0.39 is 0 Å². The molecule has 1 aromatic carbocycles.